The summed E-state index contributed by atoms with van der Waals surface area (Å²) in [4.78, 5) is 47.8. The number of aliphatic hydroxyl groups excluding tert-OH is 4. The lowest BCUT2D eigenvalue weighted by molar-refractivity contribution is -0.161. The second-order valence-corrected chi connectivity index (χ2v) is 16.9. The van der Waals surface area contributed by atoms with Gasteiger partial charge in [-0.25, -0.2) is 4.57 Å². The number of ketones is 1. The van der Waals surface area contributed by atoms with Crippen LogP contribution in [0.5, 0.6) is 0 Å². The van der Waals surface area contributed by atoms with Crippen molar-refractivity contribution in [1.29, 1.82) is 0 Å². The average molecular weight is 869 g/mol. The normalized spacial score (nSPS) is 19.9. The van der Waals surface area contributed by atoms with Crippen LogP contribution in [0.15, 0.2) is 60.8 Å². The molecule has 1 aliphatic carbocycles. The van der Waals surface area contributed by atoms with Gasteiger partial charge in [0.2, 0.25) is 0 Å². The molecule has 0 heterocycles. The summed E-state index contributed by atoms with van der Waals surface area (Å²) < 4.78 is 32.7. The number of rotatable bonds is 37. The maximum atomic E-state index is 12.7. The Hall–Kier alpha value is -2.74. The molecule has 1 saturated carbocycles. The first-order chi connectivity index (χ1) is 28.9. The van der Waals surface area contributed by atoms with Crippen molar-refractivity contribution in [2.75, 3.05) is 26.4 Å². The SMILES string of the molecule is CCCCC/C=C\C/C=C\C/C=C\C/C=C\CCCC(=O)OC[C@H](COP(=O)(O)OC[C@@H](O)CO)OC(=O)CCCCCC[C@H]1C(=O)C[C@@H](O)[C@@H]1/C=C/[C@@H](O)CCCCC. The third-order valence-corrected chi connectivity index (χ3v) is 11.0. The van der Waals surface area contributed by atoms with Gasteiger partial charge in [-0.2, -0.15) is 0 Å². The molecular formula is C46H77O13P. The summed E-state index contributed by atoms with van der Waals surface area (Å²) in [7, 11) is -4.70. The minimum atomic E-state index is -4.70. The first kappa shape index (κ1) is 55.3. The molecule has 344 valence electrons. The zero-order valence-corrected chi connectivity index (χ0v) is 37.3. The Labute approximate surface area is 359 Å². The number of phosphoric ester groups is 1. The van der Waals surface area contributed by atoms with Crippen LogP contribution in [-0.2, 0) is 37.5 Å². The third-order valence-electron chi connectivity index (χ3n) is 10.0. The highest BCUT2D eigenvalue weighted by Crippen LogP contribution is 2.43. The van der Waals surface area contributed by atoms with E-state index in [1.54, 1.807) is 12.2 Å². The van der Waals surface area contributed by atoms with Gasteiger partial charge in [0.15, 0.2) is 6.10 Å². The van der Waals surface area contributed by atoms with Crippen LogP contribution >= 0.6 is 7.82 Å². The fourth-order valence-corrected chi connectivity index (χ4v) is 7.32. The highest BCUT2D eigenvalue weighted by Gasteiger charge is 2.39. The monoisotopic (exact) mass is 869 g/mol. The van der Waals surface area contributed by atoms with Gasteiger partial charge in [-0.15, -0.1) is 0 Å². The van der Waals surface area contributed by atoms with Gasteiger partial charge < -0.3 is 34.8 Å². The highest BCUT2D eigenvalue weighted by molar-refractivity contribution is 7.47. The molecule has 1 unspecified atom stereocenters. The van der Waals surface area contributed by atoms with E-state index in [4.69, 9.17) is 19.1 Å². The Morgan fingerprint density at radius 2 is 1.33 bits per heavy atom. The molecule has 1 aliphatic rings. The number of esters is 2. The number of unbranched alkanes of at least 4 members (excludes halogenated alkanes) is 9. The zero-order chi connectivity index (χ0) is 44.3. The van der Waals surface area contributed by atoms with Crippen molar-refractivity contribution in [3.05, 3.63) is 60.8 Å². The van der Waals surface area contributed by atoms with Gasteiger partial charge in [0.25, 0.3) is 0 Å². The molecule has 5 N–H and O–H groups in total. The summed E-state index contributed by atoms with van der Waals surface area (Å²) >= 11 is 0. The van der Waals surface area contributed by atoms with Crippen LogP contribution in [0.1, 0.15) is 149 Å². The van der Waals surface area contributed by atoms with Crippen molar-refractivity contribution in [2.45, 2.75) is 173 Å². The van der Waals surface area contributed by atoms with E-state index in [9.17, 15) is 39.2 Å². The molecule has 0 aromatic heterocycles. The summed E-state index contributed by atoms with van der Waals surface area (Å²) in [6.07, 6.45) is 32.3. The lowest BCUT2D eigenvalue weighted by Gasteiger charge is -2.20. The number of allylic oxidation sites excluding steroid dienone is 8. The fraction of sp³-hybridized carbons (Fsp3) is 0.717. The molecule has 0 saturated heterocycles. The van der Waals surface area contributed by atoms with Crippen molar-refractivity contribution < 1.29 is 62.8 Å². The molecule has 0 aromatic rings. The smallest absolute Gasteiger partial charge is 0.462 e. The number of carbonyl (C=O) groups excluding carboxylic acids is 3. The number of aliphatic hydroxyl groups is 4. The van der Waals surface area contributed by atoms with Gasteiger partial charge in [-0.05, 0) is 64.2 Å². The Kier molecular flexibility index (Phi) is 33.0. The largest absolute Gasteiger partial charge is 0.472 e. The molecule has 0 radical (unpaired) electrons. The number of hydrogen-bond acceptors (Lipinski definition) is 12. The zero-order valence-electron chi connectivity index (χ0n) is 36.4. The lowest BCUT2D eigenvalue weighted by Crippen LogP contribution is -2.29. The van der Waals surface area contributed by atoms with E-state index in [-0.39, 0.29) is 36.9 Å². The Morgan fingerprint density at radius 3 is 1.98 bits per heavy atom. The molecule has 0 aromatic carbocycles. The molecule has 1 fully saturated rings. The summed E-state index contributed by atoms with van der Waals surface area (Å²) in [5.74, 6) is -1.78. The molecule has 60 heavy (non-hydrogen) atoms. The van der Waals surface area contributed by atoms with E-state index in [0.29, 0.717) is 44.9 Å². The molecule has 13 nitrogen and oxygen atoms in total. The van der Waals surface area contributed by atoms with E-state index in [1.807, 2.05) is 12.2 Å². The van der Waals surface area contributed by atoms with E-state index < -0.39 is 70.6 Å². The Morgan fingerprint density at radius 1 is 0.750 bits per heavy atom. The summed E-state index contributed by atoms with van der Waals surface area (Å²) in [5.41, 5.74) is 0. The molecular weight excluding hydrogens is 791 g/mol. The quantitative estimate of drug-likeness (QED) is 0.0172. The van der Waals surface area contributed by atoms with Crippen LogP contribution in [0, 0.1) is 11.8 Å². The Balaban J connectivity index is 2.48. The molecule has 1 rings (SSSR count). The summed E-state index contributed by atoms with van der Waals surface area (Å²) in [5, 5.41) is 39.1. The van der Waals surface area contributed by atoms with Gasteiger partial charge >= 0.3 is 19.8 Å². The minimum absolute atomic E-state index is 0.0176. The topological polar surface area (TPSA) is 206 Å². The van der Waals surface area contributed by atoms with Crippen molar-refractivity contribution in [3.63, 3.8) is 0 Å². The van der Waals surface area contributed by atoms with Gasteiger partial charge in [0.05, 0.1) is 32.0 Å². The average Bonchev–Trinajstić information content (AvgIpc) is 3.49. The minimum Gasteiger partial charge on any atom is -0.462 e. The Bertz CT molecular complexity index is 1340. The van der Waals surface area contributed by atoms with E-state index in [1.165, 1.54) is 19.3 Å². The van der Waals surface area contributed by atoms with E-state index >= 15 is 0 Å². The summed E-state index contributed by atoms with van der Waals surface area (Å²) in [6.45, 7) is 1.90. The van der Waals surface area contributed by atoms with Crippen LogP contribution in [0.3, 0.4) is 0 Å². The first-order valence-corrected chi connectivity index (χ1v) is 23.8. The number of carbonyl (C=O) groups is 3. The number of phosphoric acid groups is 1. The predicted molar refractivity (Wildman–Crippen MR) is 234 cm³/mol. The van der Waals surface area contributed by atoms with Gasteiger partial charge in [0, 0.05) is 31.1 Å². The molecule has 0 spiro atoms. The highest BCUT2D eigenvalue weighted by atomic mass is 31.2. The molecule has 0 amide bonds. The van der Waals surface area contributed by atoms with Crippen molar-refractivity contribution in [3.8, 4) is 0 Å². The predicted octanol–water partition coefficient (Wildman–Crippen LogP) is 8.48. The van der Waals surface area contributed by atoms with Gasteiger partial charge in [-0.3, -0.25) is 23.4 Å². The van der Waals surface area contributed by atoms with Crippen molar-refractivity contribution in [2.24, 2.45) is 11.8 Å². The lowest BCUT2D eigenvalue weighted by atomic mass is 9.88. The van der Waals surface area contributed by atoms with Gasteiger partial charge in [-0.1, -0.05) is 126 Å². The number of ether oxygens (including phenoxy) is 2. The fourth-order valence-electron chi connectivity index (χ4n) is 6.53. The van der Waals surface area contributed by atoms with Crippen molar-refractivity contribution >= 4 is 25.5 Å². The van der Waals surface area contributed by atoms with Crippen LogP contribution in [0.25, 0.3) is 0 Å². The van der Waals surface area contributed by atoms with Crippen LogP contribution in [0.2, 0.25) is 0 Å². The van der Waals surface area contributed by atoms with Crippen molar-refractivity contribution in [1.82, 2.24) is 0 Å². The number of hydrogen-bond donors (Lipinski definition) is 5. The molecule has 14 heteroatoms. The molecule has 7 atom stereocenters. The van der Waals surface area contributed by atoms with Crippen LogP contribution in [0.4, 0.5) is 0 Å². The van der Waals surface area contributed by atoms with E-state index in [2.05, 4.69) is 54.8 Å². The summed E-state index contributed by atoms with van der Waals surface area (Å²) in [6, 6.07) is 0. The second-order valence-electron chi connectivity index (χ2n) is 15.5. The standard InChI is InChI=1S/C46H77O13P/c1-3-5-7-8-9-10-11-12-13-14-15-16-17-18-19-20-25-29-45(52)56-36-40(37-58-60(54,55)57-35-39(49)34-47)59-46(53)30-26-22-21-24-28-41-42(44(51)33-43(41)50)32-31-38(48)27-23-6-4-2/h9-10,12-13,15-16,18-19,31-32,38-42,44,47-49,51H,3-8,11,14,17,20-30,33-37H2,1-2H3,(H,54,55)/b10-9-,13-12-,16-15-,19-18-,32-31+/t38-,39-,40+,41+,42+,44+/m0/s1. The third kappa shape index (κ3) is 29.5. The maximum Gasteiger partial charge on any atom is 0.472 e. The van der Waals surface area contributed by atoms with Gasteiger partial charge in [0.1, 0.15) is 18.5 Å². The first-order valence-electron chi connectivity index (χ1n) is 22.3. The maximum absolute atomic E-state index is 12.7. The van der Waals surface area contributed by atoms with E-state index in [0.717, 1.165) is 51.4 Å². The van der Waals surface area contributed by atoms with Crippen LogP contribution < -0.4 is 0 Å². The van der Waals surface area contributed by atoms with Crippen LogP contribution in [-0.4, -0.2) is 93.9 Å². The number of Topliss-reactive ketones (excluding diaryl/α,β-unsaturated/α-hetero) is 1. The molecule has 0 aliphatic heterocycles. The second kappa shape index (κ2) is 35.8. The molecule has 0 bridgehead atoms.